The Hall–Kier alpha value is -1.46. The molecule has 1 atom stereocenters. The highest BCUT2D eigenvalue weighted by molar-refractivity contribution is 5.42. The lowest BCUT2D eigenvalue weighted by molar-refractivity contribution is -0.385. The Bertz CT molecular complexity index is 393. The molecule has 0 aliphatic rings. The molecule has 17 heavy (non-hydrogen) atoms. The highest BCUT2D eigenvalue weighted by atomic mass is 16.6. The van der Waals surface area contributed by atoms with Crippen molar-refractivity contribution in [2.45, 2.75) is 26.4 Å². The molecular weight excluding hydrogens is 220 g/mol. The highest BCUT2D eigenvalue weighted by Crippen LogP contribution is 2.19. The number of rotatable bonds is 6. The van der Waals surface area contributed by atoms with Crippen molar-refractivity contribution in [1.82, 2.24) is 5.32 Å². The molecule has 1 aromatic carbocycles. The molecule has 0 bridgehead atoms. The second-order valence-corrected chi connectivity index (χ2v) is 4.12. The van der Waals surface area contributed by atoms with Crippen molar-refractivity contribution in [1.29, 1.82) is 0 Å². The molecule has 5 heteroatoms. The molecule has 0 radical (unpaired) electrons. The van der Waals surface area contributed by atoms with Gasteiger partial charge in [0.1, 0.15) is 0 Å². The zero-order chi connectivity index (χ0) is 12.8. The second-order valence-electron chi connectivity index (χ2n) is 4.12. The number of nitro groups is 1. The fourth-order valence-electron chi connectivity index (χ4n) is 1.56. The van der Waals surface area contributed by atoms with Crippen molar-refractivity contribution in [3.63, 3.8) is 0 Å². The van der Waals surface area contributed by atoms with E-state index in [1.54, 1.807) is 26.2 Å². The molecule has 1 rings (SSSR count). The van der Waals surface area contributed by atoms with Gasteiger partial charge in [0.15, 0.2) is 0 Å². The van der Waals surface area contributed by atoms with E-state index in [0.29, 0.717) is 18.7 Å². The Balaban J connectivity index is 2.66. The minimum atomic E-state index is -0.350. The molecule has 0 aliphatic carbocycles. The fraction of sp³-hybridized carbons (Fsp3) is 0.500. The Morgan fingerprint density at radius 3 is 2.82 bits per heavy atom. The monoisotopic (exact) mass is 238 g/mol. The topological polar surface area (TPSA) is 64.4 Å². The first-order valence-electron chi connectivity index (χ1n) is 5.51. The third-order valence-electron chi connectivity index (χ3n) is 2.54. The van der Waals surface area contributed by atoms with Crippen molar-refractivity contribution in [3.05, 3.63) is 39.4 Å². The van der Waals surface area contributed by atoms with Gasteiger partial charge < -0.3 is 10.1 Å². The SMILES string of the molecule is COCC(C)NCc1ccc(C)c([N+](=O)[O-])c1. The largest absolute Gasteiger partial charge is 0.383 e. The number of hydrogen-bond donors (Lipinski definition) is 1. The van der Waals surface area contributed by atoms with Crippen molar-refractivity contribution in [2.24, 2.45) is 0 Å². The lowest BCUT2D eigenvalue weighted by Gasteiger charge is -2.12. The summed E-state index contributed by atoms with van der Waals surface area (Å²) in [5, 5.41) is 14.0. The van der Waals surface area contributed by atoms with Gasteiger partial charge in [-0.05, 0) is 19.4 Å². The number of nitrogens with zero attached hydrogens (tertiary/aromatic N) is 1. The maximum atomic E-state index is 10.8. The molecule has 5 nitrogen and oxygen atoms in total. The summed E-state index contributed by atoms with van der Waals surface area (Å²) >= 11 is 0. The van der Waals surface area contributed by atoms with Crippen LogP contribution >= 0.6 is 0 Å². The minimum Gasteiger partial charge on any atom is -0.383 e. The highest BCUT2D eigenvalue weighted by Gasteiger charge is 2.11. The molecule has 0 saturated heterocycles. The minimum absolute atomic E-state index is 0.170. The number of ether oxygens (including phenoxy) is 1. The van der Waals surface area contributed by atoms with Crippen LogP contribution in [0.5, 0.6) is 0 Å². The van der Waals surface area contributed by atoms with E-state index >= 15 is 0 Å². The summed E-state index contributed by atoms with van der Waals surface area (Å²) in [4.78, 5) is 10.4. The molecule has 1 N–H and O–H groups in total. The summed E-state index contributed by atoms with van der Waals surface area (Å²) in [7, 11) is 1.65. The third-order valence-corrected chi connectivity index (χ3v) is 2.54. The van der Waals surface area contributed by atoms with Crippen LogP contribution in [-0.2, 0) is 11.3 Å². The van der Waals surface area contributed by atoms with Gasteiger partial charge in [0, 0.05) is 31.3 Å². The van der Waals surface area contributed by atoms with Gasteiger partial charge >= 0.3 is 0 Å². The molecule has 0 amide bonds. The lowest BCUT2D eigenvalue weighted by Crippen LogP contribution is -2.29. The Morgan fingerprint density at radius 1 is 1.53 bits per heavy atom. The first-order chi connectivity index (χ1) is 8.04. The molecule has 0 heterocycles. The van der Waals surface area contributed by atoms with E-state index in [1.165, 1.54) is 0 Å². The molecule has 0 aliphatic heterocycles. The number of aryl methyl sites for hydroxylation is 1. The molecule has 1 unspecified atom stereocenters. The van der Waals surface area contributed by atoms with Crippen LogP contribution in [0.4, 0.5) is 5.69 Å². The number of hydrogen-bond acceptors (Lipinski definition) is 4. The van der Waals surface area contributed by atoms with E-state index in [2.05, 4.69) is 5.32 Å². The summed E-state index contributed by atoms with van der Waals surface area (Å²) in [5.74, 6) is 0. The maximum Gasteiger partial charge on any atom is 0.272 e. The molecule has 94 valence electrons. The van der Waals surface area contributed by atoms with Gasteiger partial charge in [0.2, 0.25) is 0 Å². The summed E-state index contributed by atoms with van der Waals surface area (Å²) < 4.78 is 5.00. The van der Waals surface area contributed by atoms with E-state index < -0.39 is 0 Å². The smallest absolute Gasteiger partial charge is 0.272 e. The van der Waals surface area contributed by atoms with Gasteiger partial charge in [-0.2, -0.15) is 0 Å². The second kappa shape index (κ2) is 6.32. The van der Waals surface area contributed by atoms with Crippen molar-refractivity contribution in [3.8, 4) is 0 Å². The molecular formula is C12H18N2O3. The Labute approximate surface area is 101 Å². The predicted octanol–water partition coefficient (Wildman–Crippen LogP) is 2.03. The summed E-state index contributed by atoms with van der Waals surface area (Å²) in [5.41, 5.74) is 1.76. The Kier molecular flexibility index (Phi) is 5.06. The number of benzene rings is 1. The van der Waals surface area contributed by atoms with E-state index in [4.69, 9.17) is 4.74 Å². The third kappa shape index (κ3) is 4.13. The average molecular weight is 238 g/mol. The molecule has 0 saturated carbocycles. The van der Waals surface area contributed by atoms with Crippen LogP contribution in [0.2, 0.25) is 0 Å². The van der Waals surface area contributed by atoms with Gasteiger partial charge in [-0.25, -0.2) is 0 Å². The van der Waals surface area contributed by atoms with Gasteiger partial charge in [0.05, 0.1) is 11.5 Å². The quantitative estimate of drug-likeness (QED) is 0.608. The first-order valence-corrected chi connectivity index (χ1v) is 5.51. The number of nitro benzene ring substituents is 1. The van der Waals surface area contributed by atoms with Gasteiger partial charge in [-0.15, -0.1) is 0 Å². The van der Waals surface area contributed by atoms with Crippen LogP contribution in [0.1, 0.15) is 18.1 Å². The molecule has 0 spiro atoms. The van der Waals surface area contributed by atoms with Crippen molar-refractivity contribution >= 4 is 5.69 Å². The van der Waals surface area contributed by atoms with Crippen LogP contribution in [0.15, 0.2) is 18.2 Å². The van der Waals surface area contributed by atoms with Crippen molar-refractivity contribution < 1.29 is 9.66 Å². The first kappa shape index (κ1) is 13.6. The molecule has 0 fully saturated rings. The van der Waals surface area contributed by atoms with E-state index in [9.17, 15) is 10.1 Å². The molecule has 1 aromatic rings. The van der Waals surface area contributed by atoms with Crippen LogP contribution in [0, 0.1) is 17.0 Å². The summed E-state index contributed by atoms with van der Waals surface area (Å²) in [6.07, 6.45) is 0. The van der Waals surface area contributed by atoms with E-state index in [0.717, 1.165) is 5.56 Å². The van der Waals surface area contributed by atoms with Gasteiger partial charge in [-0.3, -0.25) is 10.1 Å². The normalized spacial score (nSPS) is 12.4. The van der Waals surface area contributed by atoms with Crippen LogP contribution < -0.4 is 5.32 Å². The number of nitrogens with one attached hydrogen (secondary N) is 1. The van der Waals surface area contributed by atoms with Crippen LogP contribution in [0.3, 0.4) is 0 Å². The van der Waals surface area contributed by atoms with Gasteiger partial charge in [0.25, 0.3) is 5.69 Å². The van der Waals surface area contributed by atoms with E-state index in [1.807, 2.05) is 13.0 Å². The zero-order valence-electron chi connectivity index (χ0n) is 10.4. The maximum absolute atomic E-state index is 10.8. The van der Waals surface area contributed by atoms with Gasteiger partial charge in [-0.1, -0.05) is 12.1 Å². The van der Waals surface area contributed by atoms with Crippen LogP contribution in [-0.4, -0.2) is 24.7 Å². The summed E-state index contributed by atoms with van der Waals surface area (Å²) in [6, 6.07) is 5.51. The Morgan fingerprint density at radius 2 is 2.24 bits per heavy atom. The fourth-order valence-corrected chi connectivity index (χ4v) is 1.56. The van der Waals surface area contributed by atoms with E-state index in [-0.39, 0.29) is 16.7 Å². The zero-order valence-corrected chi connectivity index (χ0v) is 10.4. The lowest BCUT2D eigenvalue weighted by atomic mass is 10.1. The summed E-state index contributed by atoms with van der Waals surface area (Å²) in [6.45, 7) is 4.97. The average Bonchev–Trinajstić information content (AvgIpc) is 2.28. The number of methoxy groups -OCH3 is 1. The van der Waals surface area contributed by atoms with Crippen molar-refractivity contribution in [2.75, 3.05) is 13.7 Å². The molecule has 0 aromatic heterocycles. The predicted molar refractivity (Wildman–Crippen MR) is 66.0 cm³/mol. The standard InChI is InChI=1S/C12H18N2O3/c1-9-4-5-11(6-12(9)14(15)16)7-13-10(2)8-17-3/h4-6,10,13H,7-8H2,1-3H3. The van der Waals surface area contributed by atoms with Crippen LogP contribution in [0.25, 0.3) is 0 Å².